The second-order valence-corrected chi connectivity index (χ2v) is 3.51. The highest BCUT2D eigenvalue weighted by Gasteiger charge is 2.13. The summed E-state index contributed by atoms with van der Waals surface area (Å²) in [6.45, 7) is 2.83. The van der Waals surface area contributed by atoms with Gasteiger partial charge in [0.2, 0.25) is 0 Å². The van der Waals surface area contributed by atoms with Crippen LogP contribution in [-0.4, -0.2) is 26.4 Å². The highest BCUT2D eigenvalue weighted by Crippen LogP contribution is 2.16. The molecule has 0 aliphatic rings. The van der Waals surface area contributed by atoms with E-state index >= 15 is 0 Å². The van der Waals surface area contributed by atoms with Crippen LogP contribution in [-0.2, 0) is 13.6 Å². The van der Waals surface area contributed by atoms with Crippen molar-refractivity contribution in [3.8, 4) is 5.82 Å². The Bertz CT molecular complexity index is 441. The molecule has 0 unspecified atom stereocenters. The monoisotopic (exact) mass is 205 g/mol. The summed E-state index contributed by atoms with van der Waals surface area (Å²) in [6.07, 6.45) is 5.48. The number of nitrogens with one attached hydrogen (secondary N) is 1. The smallest absolute Gasteiger partial charge is 0.140 e. The van der Waals surface area contributed by atoms with E-state index < -0.39 is 0 Å². The molecule has 0 spiro atoms. The largest absolute Gasteiger partial charge is 0.315 e. The van der Waals surface area contributed by atoms with Crippen LogP contribution in [0.4, 0.5) is 0 Å². The van der Waals surface area contributed by atoms with Gasteiger partial charge in [0.15, 0.2) is 0 Å². The fourth-order valence-electron chi connectivity index (χ4n) is 1.78. The van der Waals surface area contributed by atoms with E-state index in [0.29, 0.717) is 0 Å². The number of nitrogens with zero attached hydrogens (tertiary/aromatic N) is 4. The molecule has 0 atom stereocenters. The lowest BCUT2D eigenvalue weighted by molar-refractivity contribution is 0.718. The van der Waals surface area contributed by atoms with Gasteiger partial charge in [-0.2, -0.15) is 5.10 Å². The van der Waals surface area contributed by atoms with E-state index in [1.807, 2.05) is 36.5 Å². The molecule has 0 saturated carbocycles. The molecule has 5 nitrogen and oxygen atoms in total. The minimum atomic E-state index is 0.813. The Labute approximate surface area is 88.7 Å². The molecular weight excluding hydrogens is 190 g/mol. The Morgan fingerprint density at radius 1 is 1.47 bits per heavy atom. The van der Waals surface area contributed by atoms with Crippen LogP contribution in [0.15, 0.2) is 18.7 Å². The standard InChI is InChI=1S/C10H15N5/c1-8-9(6-11-2)10(14(3)13-8)15-5-4-12-7-15/h4-5,7,11H,6H2,1-3H3. The first-order valence-corrected chi connectivity index (χ1v) is 4.89. The van der Waals surface area contributed by atoms with Gasteiger partial charge in [-0.15, -0.1) is 0 Å². The van der Waals surface area contributed by atoms with Gasteiger partial charge >= 0.3 is 0 Å². The van der Waals surface area contributed by atoms with E-state index in [4.69, 9.17) is 0 Å². The van der Waals surface area contributed by atoms with Gasteiger partial charge in [-0.3, -0.25) is 9.25 Å². The van der Waals surface area contributed by atoms with Gasteiger partial charge in [0, 0.05) is 31.5 Å². The number of hydrogen-bond donors (Lipinski definition) is 1. The van der Waals surface area contributed by atoms with Gasteiger partial charge in [0.1, 0.15) is 12.1 Å². The average Bonchev–Trinajstić information content (AvgIpc) is 2.77. The molecule has 0 bridgehead atoms. The summed E-state index contributed by atoms with van der Waals surface area (Å²) in [4.78, 5) is 4.05. The molecule has 0 fully saturated rings. The predicted molar refractivity (Wildman–Crippen MR) is 57.8 cm³/mol. The van der Waals surface area contributed by atoms with Crippen molar-refractivity contribution in [1.82, 2.24) is 24.6 Å². The normalized spacial score (nSPS) is 10.9. The summed E-state index contributed by atoms with van der Waals surface area (Å²) in [5.41, 5.74) is 2.26. The summed E-state index contributed by atoms with van der Waals surface area (Å²) in [5, 5.41) is 7.57. The number of aromatic nitrogens is 4. The minimum Gasteiger partial charge on any atom is -0.315 e. The van der Waals surface area contributed by atoms with Gasteiger partial charge < -0.3 is 5.32 Å². The molecule has 0 amide bonds. The second kappa shape index (κ2) is 3.86. The van der Waals surface area contributed by atoms with Gasteiger partial charge in [0.05, 0.1) is 5.69 Å². The van der Waals surface area contributed by atoms with Crippen molar-refractivity contribution in [2.24, 2.45) is 7.05 Å². The Hall–Kier alpha value is -1.62. The quantitative estimate of drug-likeness (QED) is 0.799. The third-order valence-corrected chi connectivity index (χ3v) is 2.42. The van der Waals surface area contributed by atoms with Gasteiger partial charge in [-0.1, -0.05) is 0 Å². The molecule has 2 heterocycles. The van der Waals surface area contributed by atoms with E-state index in [9.17, 15) is 0 Å². The van der Waals surface area contributed by atoms with Crippen molar-refractivity contribution in [2.45, 2.75) is 13.5 Å². The van der Waals surface area contributed by atoms with Crippen molar-refractivity contribution in [1.29, 1.82) is 0 Å². The van der Waals surface area contributed by atoms with E-state index in [2.05, 4.69) is 15.4 Å². The molecule has 0 saturated heterocycles. The van der Waals surface area contributed by atoms with Crippen molar-refractivity contribution >= 4 is 0 Å². The Balaban J connectivity index is 2.54. The van der Waals surface area contributed by atoms with Crippen molar-refractivity contribution < 1.29 is 0 Å². The fraction of sp³-hybridized carbons (Fsp3) is 0.400. The van der Waals surface area contributed by atoms with Crippen LogP contribution in [0.3, 0.4) is 0 Å². The third-order valence-electron chi connectivity index (χ3n) is 2.42. The fourth-order valence-corrected chi connectivity index (χ4v) is 1.78. The number of hydrogen-bond acceptors (Lipinski definition) is 3. The molecule has 0 aliphatic heterocycles. The topological polar surface area (TPSA) is 47.7 Å². The molecule has 1 N–H and O–H groups in total. The summed E-state index contributed by atoms with van der Waals surface area (Å²) in [6, 6.07) is 0. The van der Waals surface area contributed by atoms with Crippen LogP contribution < -0.4 is 5.32 Å². The van der Waals surface area contributed by atoms with Crippen molar-refractivity contribution in [2.75, 3.05) is 7.05 Å². The van der Waals surface area contributed by atoms with Crippen molar-refractivity contribution in [3.63, 3.8) is 0 Å². The van der Waals surface area contributed by atoms with Crippen LogP contribution in [0.1, 0.15) is 11.3 Å². The van der Waals surface area contributed by atoms with Crippen molar-refractivity contribution in [3.05, 3.63) is 30.0 Å². The van der Waals surface area contributed by atoms with E-state index in [1.54, 1.807) is 12.5 Å². The van der Waals surface area contributed by atoms with Crippen LogP contribution >= 0.6 is 0 Å². The van der Waals surface area contributed by atoms with Crippen LogP contribution in [0.2, 0.25) is 0 Å². The summed E-state index contributed by atoms with van der Waals surface area (Å²) >= 11 is 0. The lowest BCUT2D eigenvalue weighted by Crippen LogP contribution is -2.10. The van der Waals surface area contributed by atoms with Crippen LogP contribution in [0, 0.1) is 6.92 Å². The minimum absolute atomic E-state index is 0.813. The molecule has 80 valence electrons. The number of imidazole rings is 1. The van der Waals surface area contributed by atoms with Crippen LogP contribution in [0.5, 0.6) is 0 Å². The number of rotatable bonds is 3. The molecule has 5 heteroatoms. The maximum Gasteiger partial charge on any atom is 0.140 e. The first-order valence-electron chi connectivity index (χ1n) is 4.89. The third kappa shape index (κ3) is 1.66. The highest BCUT2D eigenvalue weighted by molar-refractivity contribution is 5.37. The van der Waals surface area contributed by atoms with Crippen LogP contribution in [0.25, 0.3) is 5.82 Å². The SMILES string of the molecule is CNCc1c(C)nn(C)c1-n1ccnc1. The zero-order valence-electron chi connectivity index (χ0n) is 9.23. The van der Waals surface area contributed by atoms with Gasteiger partial charge in [0.25, 0.3) is 0 Å². The predicted octanol–water partition coefficient (Wildman–Crippen LogP) is 0.634. The summed E-state index contributed by atoms with van der Waals surface area (Å²) < 4.78 is 3.86. The lowest BCUT2D eigenvalue weighted by Gasteiger charge is -2.06. The highest BCUT2D eigenvalue weighted by atomic mass is 15.3. The molecule has 15 heavy (non-hydrogen) atoms. The lowest BCUT2D eigenvalue weighted by atomic mass is 10.2. The maximum absolute atomic E-state index is 4.41. The molecule has 0 aromatic carbocycles. The molecule has 2 rings (SSSR count). The molecule has 2 aromatic heterocycles. The summed E-state index contributed by atoms with van der Waals surface area (Å²) in [5.74, 6) is 1.07. The van der Waals surface area contributed by atoms with E-state index in [-0.39, 0.29) is 0 Å². The molecule has 0 aliphatic carbocycles. The van der Waals surface area contributed by atoms with Gasteiger partial charge in [-0.25, -0.2) is 4.98 Å². The van der Waals surface area contributed by atoms with E-state index in [1.165, 1.54) is 5.56 Å². The molecular formula is C10H15N5. The van der Waals surface area contributed by atoms with Gasteiger partial charge in [-0.05, 0) is 14.0 Å². The average molecular weight is 205 g/mol. The zero-order chi connectivity index (χ0) is 10.8. The first-order chi connectivity index (χ1) is 7.24. The summed E-state index contributed by atoms with van der Waals surface area (Å²) in [7, 11) is 3.88. The number of aryl methyl sites for hydroxylation is 2. The Morgan fingerprint density at radius 2 is 2.27 bits per heavy atom. The Kier molecular flexibility index (Phi) is 2.55. The zero-order valence-corrected chi connectivity index (χ0v) is 9.23. The van der Waals surface area contributed by atoms with E-state index in [0.717, 1.165) is 18.1 Å². The second-order valence-electron chi connectivity index (χ2n) is 3.51. The maximum atomic E-state index is 4.41. The molecule has 2 aromatic rings. The first kappa shape index (κ1) is 9.92. The molecule has 0 radical (unpaired) electrons. The Morgan fingerprint density at radius 3 is 2.87 bits per heavy atom.